The molecule has 0 saturated carbocycles. The van der Waals surface area contributed by atoms with E-state index in [0.717, 1.165) is 12.5 Å². The van der Waals surface area contributed by atoms with Crippen molar-refractivity contribution in [2.24, 2.45) is 0 Å². The summed E-state index contributed by atoms with van der Waals surface area (Å²) in [5.74, 6) is -1.13. The number of methoxy groups -OCH3 is 1. The largest absolute Gasteiger partial charge is 0.385 e. The predicted molar refractivity (Wildman–Crippen MR) is 75.0 cm³/mol. The standard InChI is InChI=1S/C15H20F2N2O2/c1-18(5-3-7-21-2)15(20)19-6-4-13-11(10-19)8-12(16)9-14(13)17/h8-9H,3-7,10H2,1-2H3. The van der Waals surface area contributed by atoms with Gasteiger partial charge in [0, 0.05) is 46.5 Å². The first-order valence-corrected chi connectivity index (χ1v) is 6.98. The van der Waals surface area contributed by atoms with Crippen LogP contribution in [0.25, 0.3) is 0 Å². The molecule has 0 aromatic heterocycles. The maximum atomic E-state index is 13.7. The number of hydrogen-bond acceptors (Lipinski definition) is 2. The van der Waals surface area contributed by atoms with Crippen LogP contribution in [0, 0.1) is 11.6 Å². The quantitative estimate of drug-likeness (QED) is 0.800. The van der Waals surface area contributed by atoms with Crippen molar-refractivity contribution in [3.8, 4) is 0 Å². The molecule has 1 aliphatic heterocycles. The molecule has 0 spiro atoms. The fourth-order valence-corrected chi connectivity index (χ4v) is 2.56. The van der Waals surface area contributed by atoms with Crippen molar-refractivity contribution in [2.75, 3.05) is 33.9 Å². The highest BCUT2D eigenvalue weighted by atomic mass is 19.1. The summed E-state index contributed by atoms with van der Waals surface area (Å²) < 4.78 is 31.9. The van der Waals surface area contributed by atoms with Crippen LogP contribution in [0.3, 0.4) is 0 Å². The Bertz CT molecular complexity index is 523. The molecule has 0 fully saturated rings. The second kappa shape index (κ2) is 6.85. The number of urea groups is 1. The highest BCUT2D eigenvalue weighted by Crippen LogP contribution is 2.23. The number of amides is 2. The number of hydrogen-bond donors (Lipinski definition) is 0. The van der Waals surface area contributed by atoms with E-state index in [1.54, 1.807) is 24.0 Å². The molecule has 6 heteroatoms. The van der Waals surface area contributed by atoms with Crippen molar-refractivity contribution in [1.82, 2.24) is 9.80 Å². The molecule has 2 rings (SSSR count). The molecule has 0 N–H and O–H groups in total. The third kappa shape index (κ3) is 3.69. The zero-order valence-corrected chi connectivity index (χ0v) is 12.4. The van der Waals surface area contributed by atoms with Gasteiger partial charge in [0.25, 0.3) is 0 Å². The highest BCUT2D eigenvalue weighted by Gasteiger charge is 2.25. The Morgan fingerprint density at radius 1 is 1.43 bits per heavy atom. The van der Waals surface area contributed by atoms with E-state index in [0.29, 0.717) is 37.2 Å². The molecule has 0 radical (unpaired) electrons. The minimum absolute atomic E-state index is 0.124. The van der Waals surface area contributed by atoms with Gasteiger partial charge in [-0.3, -0.25) is 0 Å². The topological polar surface area (TPSA) is 32.8 Å². The molecule has 4 nitrogen and oxygen atoms in total. The molecular formula is C15H20F2N2O2. The smallest absolute Gasteiger partial charge is 0.320 e. The lowest BCUT2D eigenvalue weighted by Gasteiger charge is -2.32. The number of benzene rings is 1. The first-order valence-electron chi connectivity index (χ1n) is 6.98. The normalized spacial score (nSPS) is 14.0. The van der Waals surface area contributed by atoms with E-state index in [1.807, 2.05) is 0 Å². The van der Waals surface area contributed by atoms with Crippen molar-refractivity contribution in [3.63, 3.8) is 0 Å². The molecule has 1 aliphatic rings. The Hall–Kier alpha value is -1.69. The lowest BCUT2D eigenvalue weighted by atomic mass is 9.99. The van der Waals surface area contributed by atoms with E-state index < -0.39 is 11.6 Å². The fraction of sp³-hybridized carbons (Fsp3) is 0.533. The monoisotopic (exact) mass is 298 g/mol. The number of carbonyl (C=O) groups excluding carboxylic acids is 1. The predicted octanol–water partition coefficient (Wildman–Crippen LogP) is 2.41. The molecule has 2 amide bonds. The van der Waals surface area contributed by atoms with E-state index in [9.17, 15) is 13.6 Å². The third-order valence-electron chi connectivity index (χ3n) is 3.68. The van der Waals surface area contributed by atoms with Crippen LogP contribution in [0.15, 0.2) is 12.1 Å². The van der Waals surface area contributed by atoms with Crippen LogP contribution in [0.5, 0.6) is 0 Å². The van der Waals surface area contributed by atoms with Crippen LogP contribution in [-0.4, -0.2) is 49.7 Å². The lowest BCUT2D eigenvalue weighted by molar-refractivity contribution is 0.146. The zero-order chi connectivity index (χ0) is 15.4. The average molecular weight is 298 g/mol. The van der Waals surface area contributed by atoms with Crippen molar-refractivity contribution in [1.29, 1.82) is 0 Å². The summed E-state index contributed by atoms with van der Waals surface area (Å²) in [5.41, 5.74) is 1.07. The Morgan fingerprint density at radius 2 is 2.19 bits per heavy atom. The summed E-state index contributed by atoms with van der Waals surface area (Å²) in [6.45, 7) is 1.88. The molecule has 0 unspecified atom stereocenters. The van der Waals surface area contributed by atoms with Crippen LogP contribution in [0.4, 0.5) is 13.6 Å². The van der Waals surface area contributed by atoms with Gasteiger partial charge in [-0.2, -0.15) is 0 Å². The van der Waals surface area contributed by atoms with Gasteiger partial charge in [0.2, 0.25) is 0 Å². The molecule has 0 aliphatic carbocycles. The second-order valence-corrected chi connectivity index (χ2v) is 5.25. The summed E-state index contributed by atoms with van der Waals surface area (Å²) in [7, 11) is 3.34. The van der Waals surface area contributed by atoms with E-state index in [4.69, 9.17) is 4.74 Å². The average Bonchev–Trinajstić information content (AvgIpc) is 2.45. The molecule has 1 heterocycles. The Morgan fingerprint density at radius 3 is 2.90 bits per heavy atom. The Kier molecular flexibility index (Phi) is 5.12. The summed E-state index contributed by atoms with van der Waals surface area (Å²) >= 11 is 0. The Labute approximate surface area is 123 Å². The first kappa shape index (κ1) is 15.7. The maximum absolute atomic E-state index is 13.7. The molecule has 0 bridgehead atoms. The number of carbonyl (C=O) groups is 1. The first-order chi connectivity index (χ1) is 10.0. The minimum Gasteiger partial charge on any atom is -0.385 e. The number of nitrogens with zero attached hydrogens (tertiary/aromatic N) is 2. The van der Waals surface area contributed by atoms with Gasteiger partial charge in [-0.1, -0.05) is 0 Å². The number of fused-ring (bicyclic) bond motifs is 1. The van der Waals surface area contributed by atoms with Gasteiger partial charge in [-0.05, 0) is 30.0 Å². The molecule has 1 aromatic carbocycles. The Balaban J connectivity index is 2.02. The van der Waals surface area contributed by atoms with E-state index in [-0.39, 0.29) is 12.6 Å². The summed E-state index contributed by atoms with van der Waals surface area (Å²) in [4.78, 5) is 15.5. The molecule has 21 heavy (non-hydrogen) atoms. The van der Waals surface area contributed by atoms with Gasteiger partial charge in [0.1, 0.15) is 11.6 Å². The zero-order valence-electron chi connectivity index (χ0n) is 12.4. The van der Waals surface area contributed by atoms with Crippen molar-refractivity contribution in [2.45, 2.75) is 19.4 Å². The summed E-state index contributed by atoms with van der Waals surface area (Å²) in [6.07, 6.45) is 1.17. The summed E-state index contributed by atoms with van der Waals surface area (Å²) in [5, 5.41) is 0. The van der Waals surface area contributed by atoms with Gasteiger partial charge in [-0.25, -0.2) is 13.6 Å². The van der Waals surface area contributed by atoms with Crippen LogP contribution in [0.1, 0.15) is 17.5 Å². The van der Waals surface area contributed by atoms with Crippen LogP contribution in [-0.2, 0) is 17.7 Å². The highest BCUT2D eigenvalue weighted by molar-refractivity contribution is 5.74. The van der Waals surface area contributed by atoms with E-state index in [1.165, 1.54) is 6.07 Å². The molecule has 0 atom stereocenters. The van der Waals surface area contributed by atoms with Crippen molar-refractivity contribution in [3.05, 3.63) is 34.9 Å². The minimum atomic E-state index is -0.603. The van der Waals surface area contributed by atoms with E-state index in [2.05, 4.69) is 0 Å². The molecule has 1 aromatic rings. The maximum Gasteiger partial charge on any atom is 0.320 e. The number of halogens is 2. The number of ether oxygens (including phenoxy) is 1. The fourth-order valence-electron chi connectivity index (χ4n) is 2.56. The van der Waals surface area contributed by atoms with Gasteiger partial charge >= 0.3 is 6.03 Å². The SMILES string of the molecule is COCCCN(C)C(=O)N1CCc2c(F)cc(F)cc2C1. The van der Waals surface area contributed by atoms with Crippen molar-refractivity contribution >= 4 is 6.03 Å². The lowest BCUT2D eigenvalue weighted by Crippen LogP contribution is -2.44. The van der Waals surface area contributed by atoms with Crippen LogP contribution < -0.4 is 0 Å². The van der Waals surface area contributed by atoms with Crippen molar-refractivity contribution < 1.29 is 18.3 Å². The second-order valence-electron chi connectivity index (χ2n) is 5.25. The number of rotatable bonds is 4. The third-order valence-corrected chi connectivity index (χ3v) is 3.68. The molecule has 0 saturated heterocycles. The molecular weight excluding hydrogens is 278 g/mol. The van der Waals surface area contributed by atoms with Gasteiger partial charge in [-0.15, -0.1) is 0 Å². The van der Waals surface area contributed by atoms with Gasteiger partial charge in [0.05, 0.1) is 0 Å². The van der Waals surface area contributed by atoms with Gasteiger partial charge in [0.15, 0.2) is 0 Å². The van der Waals surface area contributed by atoms with Crippen LogP contribution >= 0.6 is 0 Å². The van der Waals surface area contributed by atoms with Crippen LogP contribution in [0.2, 0.25) is 0 Å². The van der Waals surface area contributed by atoms with E-state index >= 15 is 0 Å². The van der Waals surface area contributed by atoms with Gasteiger partial charge < -0.3 is 14.5 Å². The molecule has 116 valence electrons. The summed E-state index contributed by atoms with van der Waals surface area (Å²) in [6, 6.07) is 2.08.